The molecule has 0 N–H and O–H groups in total. The van der Waals surface area contributed by atoms with Crippen molar-refractivity contribution < 1.29 is 8.78 Å². The Balaban J connectivity index is 1.46. The zero-order chi connectivity index (χ0) is 22.8. The lowest BCUT2D eigenvalue weighted by atomic mass is 10.1. The van der Waals surface area contributed by atoms with Crippen LogP contribution >= 0.6 is 11.6 Å². The van der Waals surface area contributed by atoms with Gasteiger partial charge in [0.05, 0.1) is 12.1 Å². The Labute approximate surface area is 186 Å². The third-order valence-electron chi connectivity index (χ3n) is 5.08. The predicted octanol–water partition coefficient (Wildman–Crippen LogP) is 2.19. The lowest BCUT2D eigenvalue weighted by molar-refractivity contribution is 0.449. The van der Waals surface area contributed by atoms with Gasteiger partial charge in [-0.2, -0.15) is 4.80 Å². The lowest BCUT2D eigenvalue weighted by Crippen LogP contribution is -2.41. The summed E-state index contributed by atoms with van der Waals surface area (Å²) in [6.07, 6.45) is 1.30. The smallest absolute Gasteiger partial charge is 0.278 e. The molecule has 1 aromatic carbocycles. The molecule has 0 saturated heterocycles. The zero-order valence-corrected chi connectivity index (χ0v) is 18.0. The molecule has 9 nitrogen and oxygen atoms in total. The maximum absolute atomic E-state index is 13.8. The van der Waals surface area contributed by atoms with Crippen molar-refractivity contribution in [2.24, 2.45) is 4.99 Å². The van der Waals surface area contributed by atoms with E-state index in [1.54, 1.807) is 0 Å². The first-order valence-electron chi connectivity index (χ1n) is 10.2. The van der Waals surface area contributed by atoms with Gasteiger partial charge in [0.2, 0.25) is 0 Å². The first-order chi connectivity index (χ1) is 15.4. The first kappa shape index (κ1) is 22.0. The van der Waals surface area contributed by atoms with Crippen LogP contribution in [0.15, 0.2) is 32.8 Å². The van der Waals surface area contributed by atoms with Gasteiger partial charge < -0.3 is 0 Å². The highest BCUT2D eigenvalue weighted by Gasteiger charge is 2.24. The van der Waals surface area contributed by atoms with Crippen LogP contribution in [-0.4, -0.2) is 34.5 Å². The van der Waals surface area contributed by atoms with Crippen LogP contribution in [0.1, 0.15) is 36.7 Å². The third kappa shape index (κ3) is 4.38. The molecule has 3 aromatic rings. The standard InChI is InChI=1S/C20H20ClF2N7O2/c1-2-6-28-18-14(11-16(21)24-18)19(31)29(20(28)32)7-3-8-30-26-17(25-27-30)10-12-9-13(22)4-5-15(12)23/h4-5,9H,2-3,6-8,10-11H2,1H3. The molecule has 1 aliphatic heterocycles. The molecule has 3 heterocycles. The molecule has 0 saturated carbocycles. The minimum absolute atomic E-state index is 0.00361. The van der Waals surface area contributed by atoms with Crippen molar-refractivity contribution in [3.63, 3.8) is 0 Å². The van der Waals surface area contributed by atoms with Gasteiger partial charge in [-0.15, -0.1) is 10.2 Å². The molecule has 12 heteroatoms. The van der Waals surface area contributed by atoms with Gasteiger partial charge in [-0.05, 0) is 41.8 Å². The Morgan fingerprint density at radius 1 is 1.12 bits per heavy atom. The SMILES string of the molecule is CCCn1c2c(c(=O)n(CCCn3nnc(Cc4cc(F)ccc4F)n3)c1=O)CC(Cl)=N2. The Morgan fingerprint density at radius 3 is 2.72 bits per heavy atom. The maximum Gasteiger partial charge on any atom is 0.332 e. The molecule has 2 aromatic heterocycles. The van der Waals surface area contributed by atoms with Crippen LogP contribution in [0.5, 0.6) is 0 Å². The van der Waals surface area contributed by atoms with E-state index in [0.29, 0.717) is 30.8 Å². The van der Waals surface area contributed by atoms with E-state index in [1.165, 1.54) is 13.9 Å². The van der Waals surface area contributed by atoms with Crippen LogP contribution in [0.4, 0.5) is 14.6 Å². The molecule has 0 spiro atoms. The van der Waals surface area contributed by atoms with Crippen molar-refractivity contribution in [3.05, 3.63) is 67.6 Å². The largest absolute Gasteiger partial charge is 0.332 e. The zero-order valence-electron chi connectivity index (χ0n) is 17.3. The van der Waals surface area contributed by atoms with Gasteiger partial charge in [0.15, 0.2) is 5.82 Å². The molecular formula is C20H20ClF2N7O2. The van der Waals surface area contributed by atoms with Gasteiger partial charge in [0, 0.05) is 25.9 Å². The van der Waals surface area contributed by atoms with Crippen LogP contribution in [0.2, 0.25) is 0 Å². The Hall–Kier alpha value is -3.21. The molecule has 32 heavy (non-hydrogen) atoms. The number of rotatable bonds is 8. The quantitative estimate of drug-likeness (QED) is 0.510. The van der Waals surface area contributed by atoms with E-state index < -0.39 is 22.9 Å². The topological polar surface area (TPSA) is 100.0 Å². The molecule has 0 atom stereocenters. The number of fused-ring (bicyclic) bond motifs is 1. The molecule has 0 unspecified atom stereocenters. The number of tetrazole rings is 1. The van der Waals surface area contributed by atoms with E-state index in [1.807, 2.05) is 6.92 Å². The van der Waals surface area contributed by atoms with Crippen molar-refractivity contribution in [3.8, 4) is 0 Å². The number of aliphatic imine (C=N–C) groups is 1. The Bertz CT molecular complexity index is 1310. The van der Waals surface area contributed by atoms with Crippen LogP contribution in [0.3, 0.4) is 0 Å². The molecule has 4 rings (SSSR count). The normalized spacial score (nSPS) is 12.8. The highest BCUT2D eigenvalue weighted by Crippen LogP contribution is 2.24. The summed E-state index contributed by atoms with van der Waals surface area (Å²) in [7, 11) is 0. The summed E-state index contributed by atoms with van der Waals surface area (Å²) in [6, 6.07) is 3.18. The van der Waals surface area contributed by atoms with E-state index in [2.05, 4.69) is 20.4 Å². The van der Waals surface area contributed by atoms with Crippen molar-refractivity contribution in [2.75, 3.05) is 0 Å². The molecule has 0 fully saturated rings. The predicted molar refractivity (Wildman–Crippen MR) is 114 cm³/mol. The second kappa shape index (κ2) is 9.11. The van der Waals surface area contributed by atoms with Crippen molar-refractivity contribution in [2.45, 2.75) is 52.2 Å². The van der Waals surface area contributed by atoms with E-state index >= 15 is 0 Å². The first-order valence-corrected chi connectivity index (χ1v) is 10.6. The van der Waals surface area contributed by atoms with E-state index in [9.17, 15) is 18.4 Å². The lowest BCUT2D eigenvalue weighted by Gasteiger charge is -2.13. The summed E-state index contributed by atoms with van der Waals surface area (Å²) in [5.74, 6) is -0.517. The molecular weight excluding hydrogens is 444 g/mol. The van der Waals surface area contributed by atoms with Gasteiger partial charge >= 0.3 is 5.69 Å². The van der Waals surface area contributed by atoms with Gasteiger partial charge in [0.1, 0.15) is 22.6 Å². The van der Waals surface area contributed by atoms with Crippen LogP contribution in [-0.2, 0) is 32.5 Å². The van der Waals surface area contributed by atoms with Crippen LogP contribution in [0, 0.1) is 11.6 Å². The number of aromatic nitrogens is 6. The van der Waals surface area contributed by atoms with Crippen molar-refractivity contribution in [1.82, 2.24) is 29.3 Å². The van der Waals surface area contributed by atoms with Crippen molar-refractivity contribution >= 4 is 22.6 Å². The third-order valence-corrected chi connectivity index (χ3v) is 5.30. The van der Waals surface area contributed by atoms with Crippen LogP contribution < -0.4 is 11.2 Å². The molecule has 0 amide bonds. The number of hydrogen-bond acceptors (Lipinski definition) is 6. The van der Waals surface area contributed by atoms with Crippen LogP contribution in [0.25, 0.3) is 0 Å². The Kier molecular flexibility index (Phi) is 6.26. The summed E-state index contributed by atoms with van der Waals surface area (Å²) in [5, 5.41) is 12.2. The average Bonchev–Trinajstić information content (AvgIpc) is 3.37. The fourth-order valence-electron chi connectivity index (χ4n) is 3.61. The second-order valence-corrected chi connectivity index (χ2v) is 7.86. The number of benzene rings is 1. The monoisotopic (exact) mass is 463 g/mol. The summed E-state index contributed by atoms with van der Waals surface area (Å²) in [6.45, 7) is 2.80. The van der Waals surface area contributed by atoms with E-state index in [0.717, 1.165) is 18.2 Å². The van der Waals surface area contributed by atoms with Gasteiger partial charge in [-0.1, -0.05) is 18.5 Å². The number of nitrogens with zero attached hydrogens (tertiary/aromatic N) is 7. The molecule has 0 aliphatic carbocycles. The maximum atomic E-state index is 13.8. The molecule has 168 valence electrons. The summed E-state index contributed by atoms with van der Waals surface area (Å²) < 4.78 is 29.8. The molecule has 1 aliphatic rings. The minimum Gasteiger partial charge on any atom is -0.278 e. The Morgan fingerprint density at radius 2 is 1.94 bits per heavy atom. The van der Waals surface area contributed by atoms with E-state index in [-0.39, 0.29) is 42.5 Å². The summed E-state index contributed by atoms with van der Waals surface area (Å²) >= 11 is 6.00. The summed E-state index contributed by atoms with van der Waals surface area (Å²) in [5.41, 5.74) is -0.280. The van der Waals surface area contributed by atoms with Gasteiger partial charge in [-0.25, -0.2) is 18.6 Å². The number of halogens is 3. The fourth-order valence-corrected chi connectivity index (χ4v) is 3.82. The number of aryl methyl sites for hydroxylation is 1. The average molecular weight is 464 g/mol. The summed E-state index contributed by atoms with van der Waals surface area (Å²) in [4.78, 5) is 31.1. The number of hydrogen-bond donors (Lipinski definition) is 0. The fraction of sp³-hybridized carbons (Fsp3) is 0.400. The molecule has 0 bridgehead atoms. The van der Waals surface area contributed by atoms with Gasteiger partial charge in [0.25, 0.3) is 5.56 Å². The minimum atomic E-state index is -0.550. The highest BCUT2D eigenvalue weighted by molar-refractivity contribution is 6.66. The second-order valence-electron chi connectivity index (χ2n) is 7.43. The molecule has 0 radical (unpaired) electrons. The van der Waals surface area contributed by atoms with Crippen molar-refractivity contribution in [1.29, 1.82) is 0 Å². The highest BCUT2D eigenvalue weighted by atomic mass is 35.5. The van der Waals surface area contributed by atoms with E-state index in [4.69, 9.17) is 11.6 Å². The van der Waals surface area contributed by atoms with Gasteiger partial charge in [-0.3, -0.25) is 13.9 Å².